The molecular formula is C13H11NO5. The van der Waals surface area contributed by atoms with Crippen molar-refractivity contribution in [2.24, 2.45) is 0 Å². The largest absolute Gasteiger partial charge is 0.481 e. The van der Waals surface area contributed by atoms with Crippen LogP contribution in [0.15, 0.2) is 28.9 Å². The number of benzene rings is 1. The van der Waals surface area contributed by atoms with E-state index in [2.05, 4.69) is 4.98 Å². The van der Waals surface area contributed by atoms with Gasteiger partial charge in [-0.3, -0.25) is 4.79 Å². The summed E-state index contributed by atoms with van der Waals surface area (Å²) in [5.41, 5.74) is 1.39. The first-order valence-corrected chi connectivity index (χ1v) is 5.78. The van der Waals surface area contributed by atoms with Crippen LogP contribution in [0.4, 0.5) is 0 Å². The highest BCUT2D eigenvalue weighted by Crippen LogP contribution is 2.35. The minimum atomic E-state index is -0.854. The molecule has 0 atom stereocenters. The molecule has 1 aromatic heterocycles. The van der Waals surface area contributed by atoms with Crippen molar-refractivity contribution in [3.8, 4) is 23.0 Å². The molecular weight excluding hydrogens is 250 g/mol. The van der Waals surface area contributed by atoms with Crippen LogP contribution >= 0.6 is 0 Å². The molecule has 0 fully saturated rings. The Morgan fingerprint density at radius 1 is 1.32 bits per heavy atom. The van der Waals surface area contributed by atoms with E-state index in [1.165, 1.54) is 6.26 Å². The number of aliphatic carboxylic acids is 1. The Morgan fingerprint density at radius 2 is 2.16 bits per heavy atom. The van der Waals surface area contributed by atoms with Crippen LogP contribution in [0.1, 0.15) is 12.1 Å². The molecule has 0 spiro atoms. The van der Waals surface area contributed by atoms with Crippen LogP contribution < -0.4 is 9.47 Å². The van der Waals surface area contributed by atoms with Gasteiger partial charge in [0.1, 0.15) is 6.26 Å². The smallest absolute Gasteiger partial charge is 0.303 e. The minimum Gasteiger partial charge on any atom is -0.481 e. The summed E-state index contributed by atoms with van der Waals surface area (Å²) in [6, 6.07) is 5.40. The van der Waals surface area contributed by atoms with Gasteiger partial charge in [-0.25, -0.2) is 4.98 Å². The second-order valence-electron chi connectivity index (χ2n) is 4.11. The number of hydrogen-bond acceptors (Lipinski definition) is 5. The van der Waals surface area contributed by atoms with Gasteiger partial charge < -0.3 is 19.0 Å². The number of nitrogens with zero attached hydrogens (tertiary/aromatic N) is 1. The van der Waals surface area contributed by atoms with Crippen molar-refractivity contribution >= 4 is 5.97 Å². The fourth-order valence-corrected chi connectivity index (χ4v) is 1.82. The zero-order valence-corrected chi connectivity index (χ0v) is 9.96. The third kappa shape index (κ3) is 2.37. The molecule has 1 aliphatic heterocycles. The Bertz CT molecular complexity index is 619. The number of aromatic nitrogens is 1. The standard InChI is InChI=1S/C13H11NO5/c15-12(16)4-2-9-6-17-13(14-9)8-1-3-10-11(5-8)19-7-18-10/h1,3,5-6H,2,4,7H2,(H,15,16). The third-order valence-corrected chi connectivity index (χ3v) is 2.77. The van der Waals surface area contributed by atoms with Gasteiger partial charge in [0.25, 0.3) is 0 Å². The Morgan fingerprint density at radius 3 is 3.00 bits per heavy atom. The van der Waals surface area contributed by atoms with Crippen LogP contribution in [0.2, 0.25) is 0 Å². The minimum absolute atomic E-state index is 0.0348. The molecule has 0 unspecified atom stereocenters. The molecule has 1 N–H and O–H groups in total. The summed E-state index contributed by atoms with van der Waals surface area (Å²) >= 11 is 0. The van der Waals surface area contributed by atoms with Gasteiger partial charge in [-0.2, -0.15) is 0 Å². The predicted octanol–water partition coefficient (Wildman–Crippen LogP) is 2.09. The van der Waals surface area contributed by atoms with Gasteiger partial charge in [-0.1, -0.05) is 0 Å². The quantitative estimate of drug-likeness (QED) is 0.907. The van der Waals surface area contributed by atoms with Crippen molar-refractivity contribution < 1.29 is 23.8 Å². The van der Waals surface area contributed by atoms with Gasteiger partial charge in [0.15, 0.2) is 11.5 Å². The molecule has 3 rings (SSSR count). The molecule has 0 radical (unpaired) electrons. The normalized spacial score (nSPS) is 12.6. The maximum atomic E-state index is 10.5. The van der Waals surface area contributed by atoms with E-state index in [0.717, 1.165) is 5.56 Å². The molecule has 0 bridgehead atoms. The Balaban J connectivity index is 1.80. The van der Waals surface area contributed by atoms with Crippen molar-refractivity contribution in [3.05, 3.63) is 30.2 Å². The molecule has 0 amide bonds. The lowest BCUT2D eigenvalue weighted by atomic mass is 10.2. The summed E-state index contributed by atoms with van der Waals surface area (Å²) < 4.78 is 15.8. The summed E-state index contributed by atoms with van der Waals surface area (Å²) in [5, 5.41) is 8.62. The summed E-state index contributed by atoms with van der Waals surface area (Å²) in [5.74, 6) is 0.940. The SMILES string of the molecule is O=C(O)CCc1coc(-c2ccc3c(c2)OCO3)n1. The van der Waals surface area contributed by atoms with E-state index in [4.69, 9.17) is 19.0 Å². The third-order valence-electron chi connectivity index (χ3n) is 2.77. The van der Waals surface area contributed by atoms with Crippen molar-refractivity contribution in [1.82, 2.24) is 4.98 Å². The highest BCUT2D eigenvalue weighted by atomic mass is 16.7. The lowest BCUT2D eigenvalue weighted by molar-refractivity contribution is -0.136. The van der Waals surface area contributed by atoms with Gasteiger partial charge in [0.05, 0.1) is 12.1 Å². The van der Waals surface area contributed by atoms with Crippen LogP contribution in [0, 0.1) is 0 Å². The van der Waals surface area contributed by atoms with E-state index in [1.54, 1.807) is 12.1 Å². The van der Waals surface area contributed by atoms with Gasteiger partial charge in [-0.05, 0) is 18.2 Å². The first-order valence-electron chi connectivity index (χ1n) is 5.78. The summed E-state index contributed by atoms with van der Waals surface area (Å²) in [6.45, 7) is 0.216. The molecule has 2 heterocycles. The van der Waals surface area contributed by atoms with Crippen molar-refractivity contribution in [2.75, 3.05) is 6.79 Å². The van der Waals surface area contributed by atoms with Crippen molar-refractivity contribution in [2.45, 2.75) is 12.8 Å². The highest BCUT2D eigenvalue weighted by molar-refractivity contribution is 5.67. The molecule has 0 aliphatic carbocycles. The number of carboxylic acid groups (broad SMARTS) is 1. The second kappa shape index (κ2) is 4.64. The Labute approximate surface area is 108 Å². The lowest BCUT2D eigenvalue weighted by Crippen LogP contribution is -1.97. The molecule has 0 saturated carbocycles. The van der Waals surface area contributed by atoms with E-state index < -0.39 is 5.97 Å². The van der Waals surface area contributed by atoms with Gasteiger partial charge in [0.2, 0.25) is 12.7 Å². The molecule has 98 valence electrons. The monoisotopic (exact) mass is 261 g/mol. The molecule has 6 nitrogen and oxygen atoms in total. The molecule has 0 saturated heterocycles. The predicted molar refractivity (Wildman–Crippen MR) is 64.0 cm³/mol. The number of aryl methyl sites for hydroxylation is 1. The van der Waals surface area contributed by atoms with Gasteiger partial charge in [-0.15, -0.1) is 0 Å². The number of rotatable bonds is 4. The number of carbonyl (C=O) groups is 1. The van der Waals surface area contributed by atoms with Crippen molar-refractivity contribution in [1.29, 1.82) is 0 Å². The maximum Gasteiger partial charge on any atom is 0.303 e. The number of hydrogen-bond donors (Lipinski definition) is 1. The maximum absolute atomic E-state index is 10.5. The molecule has 1 aliphatic rings. The topological polar surface area (TPSA) is 81.8 Å². The number of fused-ring (bicyclic) bond motifs is 1. The average molecular weight is 261 g/mol. The first-order chi connectivity index (χ1) is 9.22. The van der Waals surface area contributed by atoms with Crippen LogP contribution in [-0.2, 0) is 11.2 Å². The number of carboxylic acids is 1. The molecule has 1 aromatic carbocycles. The molecule has 6 heteroatoms. The van der Waals surface area contributed by atoms with E-state index in [1.807, 2.05) is 6.07 Å². The summed E-state index contributed by atoms with van der Waals surface area (Å²) in [6.07, 6.45) is 1.86. The first kappa shape index (κ1) is 11.6. The van der Waals surface area contributed by atoms with Crippen molar-refractivity contribution in [3.63, 3.8) is 0 Å². The van der Waals surface area contributed by atoms with Crippen LogP contribution in [0.25, 0.3) is 11.5 Å². The summed E-state index contributed by atoms with van der Waals surface area (Å²) in [7, 11) is 0. The van der Waals surface area contributed by atoms with E-state index in [9.17, 15) is 4.79 Å². The average Bonchev–Trinajstić information content (AvgIpc) is 3.04. The zero-order chi connectivity index (χ0) is 13.2. The van der Waals surface area contributed by atoms with Gasteiger partial charge in [0, 0.05) is 12.0 Å². The second-order valence-corrected chi connectivity index (χ2v) is 4.11. The summed E-state index contributed by atoms with van der Waals surface area (Å²) in [4.78, 5) is 14.7. The molecule has 2 aromatic rings. The van der Waals surface area contributed by atoms with Crippen LogP contribution in [0.3, 0.4) is 0 Å². The highest BCUT2D eigenvalue weighted by Gasteiger charge is 2.16. The van der Waals surface area contributed by atoms with Crippen LogP contribution in [-0.4, -0.2) is 22.9 Å². The Hall–Kier alpha value is -2.50. The lowest BCUT2D eigenvalue weighted by Gasteiger charge is -1.98. The molecule has 19 heavy (non-hydrogen) atoms. The van der Waals surface area contributed by atoms with E-state index in [-0.39, 0.29) is 13.2 Å². The fraction of sp³-hybridized carbons (Fsp3) is 0.231. The van der Waals surface area contributed by atoms with Crippen LogP contribution in [0.5, 0.6) is 11.5 Å². The number of oxazole rings is 1. The number of ether oxygens (including phenoxy) is 2. The fourth-order valence-electron chi connectivity index (χ4n) is 1.82. The van der Waals surface area contributed by atoms with E-state index in [0.29, 0.717) is 29.5 Å². The zero-order valence-electron chi connectivity index (χ0n) is 9.96. The van der Waals surface area contributed by atoms with Gasteiger partial charge >= 0.3 is 5.97 Å². The Kier molecular flexibility index (Phi) is 2.83. The van der Waals surface area contributed by atoms with E-state index >= 15 is 0 Å².